The van der Waals surface area contributed by atoms with Crippen LogP contribution in [0, 0.1) is 0 Å². The topological polar surface area (TPSA) is 170 Å². The molecular formula is C24H47BN2O10. The molecule has 4 N–H and O–H groups in total. The van der Waals surface area contributed by atoms with Crippen LogP contribution in [-0.4, -0.2) is 70.7 Å². The third-order valence-electron chi connectivity index (χ3n) is 2.98. The molecule has 0 aromatic carbocycles. The van der Waals surface area contributed by atoms with Crippen molar-refractivity contribution in [2.45, 2.75) is 119 Å². The maximum atomic E-state index is 11.6. The number of alkyl carbamates (subject to hydrolysis) is 2. The molecular weight excluding hydrogens is 487 g/mol. The highest BCUT2D eigenvalue weighted by Gasteiger charge is 2.24. The lowest BCUT2D eigenvalue weighted by atomic mass is 9.99. The van der Waals surface area contributed by atoms with Gasteiger partial charge in [-0.2, -0.15) is 0 Å². The molecule has 0 aliphatic rings. The van der Waals surface area contributed by atoms with E-state index in [-0.39, 0.29) is 17.9 Å². The molecule has 0 heterocycles. The molecule has 0 saturated carbocycles. The molecule has 0 bridgehead atoms. The van der Waals surface area contributed by atoms with Gasteiger partial charge in [-0.3, -0.25) is 5.32 Å². The SMILES string of the molecule is C=C(NC(=O)OC(C)(C)C)C(=O)OC(C)C.CB(O)O.CCC(NC(=O)OC(C)(C)C)C(=O)OC(C)C. The first kappa shape index (κ1) is 38.7. The Labute approximate surface area is 221 Å². The second-order valence-corrected chi connectivity index (χ2v) is 10.3. The molecule has 2 amide bonds. The van der Waals surface area contributed by atoms with E-state index in [1.54, 1.807) is 76.2 Å². The minimum Gasteiger partial charge on any atom is -0.461 e. The van der Waals surface area contributed by atoms with E-state index in [9.17, 15) is 19.2 Å². The summed E-state index contributed by atoms with van der Waals surface area (Å²) in [7, 11) is -1.17. The number of rotatable bonds is 7. The molecule has 0 aromatic heterocycles. The second kappa shape index (κ2) is 18.4. The van der Waals surface area contributed by atoms with Gasteiger partial charge in [0.15, 0.2) is 0 Å². The predicted molar refractivity (Wildman–Crippen MR) is 140 cm³/mol. The van der Waals surface area contributed by atoms with Crippen LogP contribution < -0.4 is 10.6 Å². The average Bonchev–Trinajstić information content (AvgIpc) is 2.61. The molecule has 0 saturated heterocycles. The summed E-state index contributed by atoms with van der Waals surface area (Å²) in [5.74, 6) is -1.10. The van der Waals surface area contributed by atoms with Crippen LogP contribution in [0.4, 0.5) is 9.59 Å². The molecule has 216 valence electrons. The highest BCUT2D eigenvalue weighted by molar-refractivity contribution is 6.38. The Bertz CT molecular complexity index is 723. The number of carbonyl (C=O) groups excluding carboxylic acids is 4. The Morgan fingerprint density at radius 1 is 0.838 bits per heavy atom. The van der Waals surface area contributed by atoms with Gasteiger partial charge in [0.2, 0.25) is 0 Å². The Kier molecular flexibility index (Phi) is 19.3. The quantitative estimate of drug-likeness (QED) is 0.164. The van der Waals surface area contributed by atoms with Crippen LogP contribution in [0.5, 0.6) is 0 Å². The van der Waals surface area contributed by atoms with Crippen LogP contribution in [0.1, 0.15) is 82.6 Å². The lowest BCUT2D eigenvalue weighted by Gasteiger charge is -2.22. The maximum absolute atomic E-state index is 11.6. The summed E-state index contributed by atoms with van der Waals surface area (Å²) in [6.07, 6.45) is -1.32. The minimum atomic E-state index is -1.17. The van der Waals surface area contributed by atoms with E-state index in [0.717, 1.165) is 0 Å². The normalized spacial score (nSPS) is 11.5. The van der Waals surface area contributed by atoms with Gasteiger partial charge in [-0.1, -0.05) is 13.5 Å². The summed E-state index contributed by atoms with van der Waals surface area (Å²) in [4.78, 5) is 45.6. The Morgan fingerprint density at radius 2 is 1.22 bits per heavy atom. The number of ether oxygens (including phenoxy) is 4. The summed E-state index contributed by atoms with van der Waals surface area (Å²) in [6, 6.07) is -0.660. The van der Waals surface area contributed by atoms with Gasteiger partial charge in [-0.05, 0) is 82.5 Å². The molecule has 1 atom stereocenters. The van der Waals surface area contributed by atoms with Crippen molar-refractivity contribution in [2.75, 3.05) is 0 Å². The summed E-state index contributed by atoms with van der Waals surface area (Å²) in [6.45, 7) is 23.9. The molecule has 0 rings (SSSR count). The maximum Gasteiger partial charge on any atom is 0.448 e. The van der Waals surface area contributed by atoms with Crippen LogP contribution in [0.2, 0.25) is 6.82 Å². The molecule has 13 heteroatoms. The summed E-state index contributed by atoms with van der Waals surface area (Å²) in [5.41, 5.74) is -1.33. The van der Waals surface area contributed by atoms with Gasteiger partial charge in [0.05, 0.1) is 12.2 Å². The van der Waals surface area contributed by atoms with Crippen molar-refractivity contribution in [1.82, 2.24) is 10.6 Å². The van der Waals surface area contributed by atoms with E-state index in [0.29, 0.717) is 6.42 Å². The van der Waals surface area contributed by atoms with Crippen LogP contribution in [0.3, 0.4) is 0 Å². The standard InChI is InChI=1S/C12H23NO4.C11H19NO4.CH5BO2/c1-7-9(10(14)16-8(2)3)13-11(15)17-12(4,5)6;1-7(2)15-9(13)8(3)12-10(14)16-11(4,5)6;1-2(3)4/h8-9H,7H2,1-6H3,(H,13,15);7H,3H2,1-2,4-6H3,(H,12,14);3-4H,1H3. The molecule has 0 aromatic rings. The van der Waals surface area contributed by atoms with Crippen LogP contribution in [0.15, 0.2) is 12.3 Å². The third-order valence-corrected chi connectivity index (χ3v) is 2.98. The molecule has 1 unspecified atom stereocenters. The lowest BCUT2D eigenvalue weighted by Crippen LogP contribution is -2.44. The summed E-state index contributed by atoms with van der Waals surface area (Å²) < 4.78 is 19.9. The first-order valence-corrected chi connectivity index (χ1v) is 12.0. The Morgan fingerprint density at radius 3 is 1.54 bits per heavy atom. The van der Waals surface area contributed by atoms with E-state index in [1.165, 1.54) is 6.82 Å². The zero-order chi connectivity index (χ0) is 30.1. The van der Waals surface area contributed by atoms with Crippen molar-refractivity contribution >= 4 is 31.2 Å². The number of nitrogens with one attached hydrogen (secondary N) is 2. The largest absolute Gasteiger partial charge is 0.461 e. The molecule has 12 nitrogen and oxygen atoms in total. The van der Waals surface area contributed by atoms with Crippen LogP contribution in [0.25, 0.3) is 0 Å². The van der Waals surface area contributed by atoms with E-state index < -0.39 is 48.5 Å². The minimum absolute atomic E-state index is 0.136. The van der Waals surface area contributed by atoms with Gasteiger partial charge in [0, 0.05) is 0 Å². The third kappa shape index (κ3) is 29.3. The molecule has 0 aliphatic heterocycles. The van der Waals surface area contributed by atoms with Crippen molar-refractivity contribution in [2.24, 2.45) is 0 Å². The predicted octanol–water partition coefficient (Wildman–Crippen LogP) is 3.31. The van der Waals surface area contributed by atoms with Crippen molar-refractivity contribution in [1.29, 1.82) is 0 Å². The first-order chi connectivity index (χ1) is 16.5. The van der Waals surface area contributed by atoms with Gasteiger partial charge in [-0.25, -0.2) is 19.2 Å². The Hall–Kier alpha value is -2.80. The number of esters is 2. The first-order valence-electron chi connectivity index (χ1n) is 12.0. The Balaban J connectivity index is -0.000000546. The van der Waals surface area contributed by atoms with Gasteiger partial charge < -0.3 is 34.3 Å². The van der Waals surface area contributed by atoms with Crippen molar-refractivity contribution in [3.63, 3.8) is 0 Å². The van der Waals surface area contributed by atoms with Crippen molar-refractivity contribution in [3.8, 4) is 0 Å². The highest BCUT2D eigenvalue weighted by atomic mass is 16.6. The van der Waals surface area contributed by atoms with E-state index in [1.807, 2.05) is 0 Å². The highest BCUT2D eigenvalue weighted by Crippen LogP contribution is 2.08. The average molecular weight is 534 g/mol. The number of hydrogen-bond acceptors (Lipinski definition) is 10. The van der Waals surface area contributed by atoms with Gasteiger partial charge in [0.1, 0.15) is 22.9 Å². The monoisotopic (exact) mass is 534 g/mol. The molecule has 0 fully saturated rings. The van der Waals surface area contributed by atoms with Crippen molar-refractivity contribution < 1.29 is 48.2 Å². The van der Waals surface area contributed by atoms with Crippen LogP contribution in [-0.2, 0) is 28.5 Å². The van der Waals surface area contributed by atoms with Gasteiger partial charge in [-0.15, -0.1) is 0 Å². The van der Waals surface area contributed by atoms with Gasteiger partial charge >= 0.3 is 31.2 Å². The van der Waals surface area contributed by atoms with Crippen LogP contribution >= 0.6 is 0 Å². The van der Waals surface area contributed by atoms with Gasteiger partial charge in [0.25, 0.3) is 0 Å². The van der Waals surface area contributed by atoms with E-state index in [4.69, 9.17) is 29.0 Å². The van der Waals surface area contributed by atoms with E-state index in [2.05, 4.69) is 17.2 Å². The number of amides is 2. The molecule has 37 heavy (non-hydrogen) atoms. The van der Waals surface area contributed by atoms with Crippen molar-refractivity contribution in [3.05, 3.63) is 12.3 Å². The summed E-state index contributed by atoms with van der Waals surface area (Å²) in [5, 5.41) is 19.9. The fourth-order valence-corrected chi connectivity index (χ4v) is 1.85. The smallest absolute Gasteiger partial charge is 0.448 e. The van der Waals surface area contributed by atoms with E-state index >= 15 is 0 Å². The summed E-state index contributed by atoms with van der Waals surface area (Å²) >= 11 is 0. The second-order valence-electron chi connectivity index (χ2n) is 10.3. The fourth-order valence-electron chi connectivity index (χ4n) is 1.85. The zero-order valence-corrected chi connectivity index (χ0v) is 24.4. The lowest BCUT2D eigenvalue weighted by molar-refractivity contribution is -0.150. The molecule has 0 aliphatic carbocycles. The fraction of sp³-hybridized carbons (Fsp3) is 0.750. The molecule has 0 radical (unpaired) electrons. The number of carbonyl (C=O) groups is 4. The number of hydrogen-bond donors (Lipinski definition) is 4. The zero-order valence-electron chi connectivity index (χ0n) is 24.4. The molecule has 0 spiro atoms.